The largest absolute Gasteiger partial charge is 0.748 e. The third-order valence-electron chi connectivity index (χ3n) is 1.78. The summed E-state index contributed by atoms with van der Waals surface area (Å²) in [6.45, 7) is -3.01. The van der Waals surface area contributed by atoms with Crippen LogP contribution in [0.5, 0.6) is 5.75 Å². The molecule has 10 nitrogen and oxygen atoms in total. The molecule has 0 radical (unpaired) electrons. The van der Waals surface area contributed by atoms with Crippen molar-refractivity contribution in [2.45, 2.75) is 32.4 Å². The van der Waals surface area contributed by atoms with Gasteiger partial charge in [-0.3, -0.25) is 21.2 Å². The van der Waals surface area contributed by atoms with E-state index < -0.39 is 112 Å². The van der Waals surface area contributed by atoms with Crippen LogP contribution in [0.15, 0.2) is 24.2 Å². The minimum Gasteiger partial charge on any atom is -0.748 e. The Morgan fingerprint density at radius 2 is 2.04 bits per heavy atom. The van der Waals surface area contributed by atoms with Crippen LogP contribution in [0.25, 0.3) is 0 Å². The summed E-state index contributed by atoms with van der Waals surface area (Å²) in [6.07, 6.45) is -17.0. The van der Waals surface area contributed by atoms with E-state index in [9.17, 15) is 9.59 Å². The lowest BCUT2D eigenvalue weighted by molar-refractivity contribution is -0.134. The maximum atomic E-state index is 12.8. The van der Waals surface area contributed by atoms with E-state index in [1.165, 1.54) is 6.92 Å². The van der Waals surface area contributed by atoms with Crippen molar-refractivity contribution >= 4 is 28.0 Å². The Morgan fingerprint density at radius 1 is 1.39 bits per heavy atom. The number of nitrogens with one attached hydrogen (secondary N) is 1. The number of benzene rings is 1. The third kappa shape index (κ3) is 15.6. The van der Waals surface area contributed by atoms with E-state index in [0.29, 0.717) is 6.26 Å². The van der Waals surface area contributed by atoms with Gasteiger partial charge in [0.25, 0.3) is 7.06 Å². The van der Waals surface area contributed by atoms with Gasteiger partial charge in [-0.25, -0.2) is 13.2 Å². The van der Waals surface area contributed by atoms with E-state index in [2.05, 4.69) is 9.47 Å². The lowest BCUT2D eigenvalue weighted by atomic mass is 10.2. The van der Waals surface area contributed by atoms with E-state index in [4.69, 9.17) is 39.2 Å². The summed E-state index contributed by atoms with van der Waals surface area (Å²) in [6, 6.07) is -4.65. The van der Waals surface area contributed by atoms with Gasteiger partial charge in [-0.05, 0) is 50.2 Å². The second-order valence-electron chi connectivity index (χ2n) is 4.04. The highest BCUT2D eigenvalue weighted by Gasteiger charge is 2.08. The average molecular weight is 437 g/mol. The van der Waals surface area contributed by atoms with Crippen molar-refractivity contribution in [3.05, 3.63) is 29.7 Å². The van der Waals surface area contributed by atoms with Crippen molar-refractivity contribution in [2.75, 3.05) is 19.4 Å². The predicted octanol–water partition coefficient (Wildman–Crippen LogP) is -0.846. The molecule has 1 aromatic carbocycles. The van der Waals surface area contributed by atoms with Gasteiger partial charge >= 0.3 is 17.9 Å². The number of rotatable bonds is 9. The highest BCUT2D eigenvalue weighted by Crippen LogP contribution is 2.14. The fourth-order valence-corrected chi connectivity index (χ4v) is 0.995. The fraction of sp³-hybridized carbons (Fsp3) is 0.471. The molecule has 1 aromatic rings. The van der Waals surface area contributed by atoms with E-state index in [-0.39, 0.29) is 6.61 Å². The van der Waals surface area contributed by atoms with Gasteiger partial charge in [0.1, 0.15) is 5.75 Å². The minimum absolute atomic E-state index is 0.218. The van der Waals surface area contributed by atoms with Crippen LogP contribution in [-0.2, 0) is 19.6 Å². The van der Waals surface area contributed by atoms with Gasteiger partial charge in [0, 0.05) is 23.6 Å². The number of carbonyl (C=O) groups excluding carboxylic acids is 2. The minimum atomic E-state index is -4.47. The zero-order valence-corrected chi connectivity index (χ0v) is 15.1. The van der Waals surface area contributed by atoms with Crippen molar-refractivity contribution < 1.29 is 63.7 Å². The Morgan fingerprint density at radius 3 is 2.57 bits per heavy atom. The second kappa shape index (κ2) is 13.5. The summed E-state index contributed by atoms with van der Waals surface area (Å²) in [4.78, 5) is 24.9. The molecule has 0 fully saturated rings. The Bertz CT molecular complexity index is 1460. The number of esters is 2. The summed E-state index contributed by atoms with van der Waals surface area (Å²) in [5.74, 6) is -6.68. The molecule has 0 saturated heterocycles. The summed E-state index contributed by atoms with van der Waals surface area (Å²) < 4.78 is 184. The van der Waals surface area contributed by atoms with Gasteiger partial charge in [0.2, 0.25) is 0 Å². The standard InChI is InChI=1S/C16H23N3O4.CH4O3S/c1-2-22-15(21)12-7-9-13(10-8-12)23-14(20)6-4-3-5-11-19-16(17)18;1-5(2,3)4/h7-10H,2-6,11H2,1H3,(H4,17,18,19);1H3,(H,2,3,4)/i3D2,4D2,5D2,6D2,7D,8D,9D,10D,11D2;/hD5. The molecule has 0 saturated carbocycles. The summed E-state index contributed by atoms with van der Waals surface area (Å²) in [5, 5.41) is -1.50. The number of guanidine groups is 1. The molecule has 0 bridgehead atoms. The quantitative estimate of drug-likeness (QED) is 0.146. The molecule has 0 aromatic heterocycles. The summed E-state index contributed by atoms with van der Waals surface area (Å²) >= 11 is 0. The molecule has 0 atom stereocenters. The smallest absolute Gasteiger partial charge is 0.338 e. The van der Waals surface area contributed by atoms with Crippen molar-refractivity contribution in [3.8, 4) is 5.75 Å². The van der Waals surface area contributed by atoms with Crippen LogP contribution in [0, 0.1) is 0 Å². The lowest BCUT2D eigenvalue weighted by Crippen LogP contribution is -2.54. The van der Waals surface area contributed by atoms with Crippen LogP contribution in [0.1, 0.15) is 62.0 Å². The van der Waals surface area contributed by atoms with E-state index in [1.54, 1.807) is 0 Å². The van der Waals surface area contributed by atoms with Crippen molar-refractivity contribution in [3.63, 3.8) is 0 Å². The maximum Gasteiger partial charge on any atom is 0.338 e. The van der Waals surface area contributed by atoms with E-state index in [0.717, 1.165) is 0 Å². The predicted molar refractivity (Wildman–Crippen MR) is 101 cm³/mol. The number of carbonyl (C=O) groups is 2. The maximum absolute atomic E-state index is 12.8. The fourth-order valence-electron chi connectivity index (χ4n) is 0.995. The topological polar surface area (TPSA) is 173 Å². The summed E-state index contributed by atoms with van der Waals surface area (Å²) in [7, 11) is -3.92. The molecular formula is C17H27N3O7S. The van der Waals surface area contributed by atoms with E-state index >= 15 is 0 Å². The Labute approximate surface area is 191 Å². The van der Waals surface area contributed by atoms with Gasteiger partial charge < -0.3 is 14.0 Å². The lowest BCUT2D eigenvalue weighted by Gasteiger charge is -2.06. The molecule has 0 aliphatic rings. The molecule has 11 heteroatoms. The first-order valence-electron chi connectivity index (χ1n) is 16.1. The normalized spacial score (nSPS) is 22.3. The molecular weight excluding hydrogens is 390 g/mol. The van der Waals surface area contributed by atoms with Crippen LogP contribution in [0.2, 0.25) is 7.06 Å². The van der Waals surface area contributed by atoms with Gasteiger partial charge in [-0.2, -0.15) is 0 Å². The highest BCUT2D eigenvalue weighted by molar-refractivity contribution is 7.84. The van der Waals surface area contributed by atoms with Crippen molar-refractivity contribution in [2.24, 2.45) is 5.72 Å². The van der Waals surface area contributed by atoms with Crippen LogP contribution < -0.4 is 21.2 Å². The zero-order valence-electron chi connectivity index (χ0n) is 33.3. The molecule has 28 heavy (non-hydrogen) atoms. The number of hydrogen-bond donors (Lipinski definition) is 3. The number of ether oxygens (including phenoxy) is 2. The van der Waals surface area contributed by atoms with E-state index in [1.807, 2.05) is 0 Å². The van der Waals surface area contributed by atoms with Gasteiger partial charge in [-0.1, -0.05) is 0 Å². The monoisotopic (exact) mass is 436 g/mol. The third-order valence-corrected chi connectivity index (χ3v) is 1.78. The first-order valence-corrected chi connectivity index (χ1v) is 8.64. The molecule has 0 aliphatic carbocycles. The van der Waals surface area contributed by atoms with Crippen LogP contribution in [-0.4, -0.2) is 50.2 Å². The van der Waals surface area contributed by atoms with Crippen LogP contribution in [0.3, 0.4) is 0 Å². The molecule has 5 N–H and O–H groups in total. The SMILES string of the molecule is CS(=O)(=O)[O-].[2H]c1c([2H])c(C(=O)OCC)c([2H])c([2H])c1OC(=O)C([2H])([2H])C([2H])([2H])C([2H])([2H])C([2H])([2H])C([2H])([2H])N([2H])C(N([2H])[2H])=[N+]([2H])[2H]. The first kappa shape index (κ1) is 7.99. The molecule has 0 unspecified atom stereocenters. The van der Waals surface area contributed by atoms with Gasteiger partial charge in [0.05, 0.1) is 37.0 Å². The van der Waals surface area contributed by atoms with Crippen molar-refractivity contribution in [1.82, 2.24) is 5.31 Å². The van der Waals surface area contributed by atoms with Crippen LogP contribution in [0.4, 0.5) is 0 Å². The number of nitrogens with two attached hydrogens (primary N) is 2. The molecule has 0 amide bonds. The number of hydrogen-bond acceptors (Lipinski definition) is 7. The summed E-state index contributed by atoms with van der Waals surface area (Å²) in [5.41, 5.74) is -1.57. The molecule has 0 heterocycles. The van der Waals surface area contributed by atoms with Crippen LogP contribution >= 0.6 is 0 Å². The van der Waals surface area contributed by atoms with Crippen molar-refractivity contribution in [1.29, 1.82) is 0 Å². The zero-order chi connectivity index (χ0) is 38.0. The first-order chi connectivity index (χ1) is 20.7. The Kier molecular flexibility index (Phi) is 3.85. The highest BCUT2D eigenvalue weighted by atomic mass is 32.2. The molecule has 158 valence electrons. The average Bonchev–Trinajstić information content (AvgIpc) is 2.88. The molecule has 1 rings (SSSR count). The Balaban J connectivity index is 0.00000391. The molecule has 0 spiro atoms. The molecule has 0 aliphatic heterocycles. The van der Waals surface area contributed by atoms with Gasteiger partial charge in [-0.15, -0.1) is 0 Å². The van der Waals surface area contributed by atoms with Gasteiger partial charge in [0.15, 0.2) is 0 Å². The second-order valence-corrected chi connectivity index (χ2v) is 5.45. The Hall–Kier alpha value is -2.66.